The van der Waals surface area contributed by atoms with Gasteiger partial charge < -0.3 is 15.3 Å². The monoisotopic (exact) mass is 424 g/mol. The number of aliphatic hydroxyl groups excluding tert-OH is 1. The Morgan fingerprint density at radius 3 is 2.63 bits per heavy atom. The lowest BCUT2D eigenvalue weighted by atomic mass is 10.2. The molecule has 0 saturated carbocycles. The fourth-order valence-electron chi connectivity index (χ4n) is 3.45. The number of piperazine rings is 1. The van der Waals surface area contributed by atoms with Crippen LogP contribution in [0, 0.1) is 0 Å². The number of hydrogen-bond donors (Lipinski definition) is 2. The van der Waals surface area contributed by atoms with Crippen molar-refractivity contribution in [2.24, 2.45) is 0 Å². The number of aliphatic hydroxyl groups is 1. The van der Waals surface area contributed by atoms with Crippen LogP contribution in [0.25, 0.3) is 28.1 Å². The van der Waals surface area contributed by atoms with Gasteiger partial charge in [0.1, 0.15) is 11.5 Å². The van der Waals surface area contributed by atoms with Gasteiger partial charge >= 0.3 is 0 Å². The lowest BCUT2D eigenvalue weighted by Crippen LogP contribution is -2.43. The molecule has 1 aliphatic rings. The van der Waals surface area contributed by atoms with Crippen LogP contribution in [0.5, 0.6) is 0 Å². The molecule has 0 spiro atoms. The molecule has 9 nitrogen and oxygen atoms in total. The summed E-state index contributed by atoms with van der Waals surface area (Å²) in [5.41, 5.74) is 2.66. The minimum absolute atomic E-state index is 0. The van der Waals surface area contributed by atoms with Gasteiger partial charge in [0.15, 0.2) is 5.82 Å². The van der Waals surface area contributed by atoms with Gasteiger partial charge in [-0.25, -0.2) is 14.6 Å². The third-order valence-corrected chi connectivity index (χ3v) is 4.94. The fourth-order valence-corrected chi connectivity index (χ4v) is 3.45. The molecule has 0 bridgehead atoms. The Morgan fingerprint density at radius 2 is 1.80 bits per heavy atom. The molecule has 0 aliphatic carbocycles. The van der Waals surface area contributed by atoms with Crippen LogP contribution in [0.3, 0.4) is 0 Å². The molecule has 1 saturated heterocycles. The van der Waals surface area contributed by atoms with Gasteiger partial charge in [-0.3, -0.25) is 9.97 Å². The van der Waals surface area contributed by atoms with Crippen LogP contribution in [0.15, 0.2) is 49.1 Å². The number of hydrogen-bond acceptors (Lipinski definition) is 8. The Kier molecular flexibility index (Phi) is 5.84. The van der Waals surface area contributed by atoms with E-state index in [-0.39, 0.29) is 19.0 Å². The van der Waals surface area contributed by atoms with Crippen LogP contribution in [-0.2, 0) is 6.61 Å². The van der Waals surface area contributed by atoms with Crippen LogP contribution >= 0.6 is 12.4 Å². The molecule has 0 aromatic carbocycles. The normalized spacial score (nSPS) is 14.0. The summed E-state index contributed by atoms with van der Waals surface area (Å²) < 4.78 is 1.82. The number of aromatic nitrogens is 6. The Hall–Kier alpha value is -3.14. The Morgan fingerprint density at radius 1 is 0.967 bits per heavy atom. The van der Waals surface area contributed by atoms with E-state index in [0.29, 0.717) is 17.1 Å². The number of pyridine rings is 2. The quantitative estimate of drug-likeness (QED) is 0.509. The topological polar surface area (TPSA) is 105 Å². The number of fused-ring (bicyclic) bond motifs is 1. The van der Waals surface area contributed by atoms with Gasteiger partial charge in [0, 0.05) is 37.8 Å². The second-order valence-electron chi connectivity index (χ2n) is 6.83. The molecule has 154 valence electrons. The highest BCUT2D eigenvalue weighted by molar-refractivity contribution is 5.85. The van der Waals surface area contributed by atoms with E-state index in [4.69, 9.17) is 4.98 Å². The van der Waals surface area contributed by atoms with E-state index < -0.39 is 0 Å². The predicted molar refractivity (Wildman–Crippen MR) is 116 cm³/mol. The minimum atomic E-state index is -0.163. The minimum Gasteiger partial charge on any atom is -0.390 e. The van der Waals surface area contributed by atoms with Crippen molar-refractivity contribution >= 4 is 29.1 Å². The molecule has 30 heavy (non-hydrogen) atoms. The molecule has 1 fully saturated rings. The van der Waals surface area contributed by atoms with Gasteiger partial charge in [0.05, 0.1) is 42.1 Å². The molecule has 0 amide bonds. The van der Waals surface area contributed by atoms with Gasteiger partial charge in [-0.1, -0.05) is 6.07 Å². The smallest absolute Gasteiger partial charge is 0.156 e. The number of halogens is 1. The van der Waals surface area contributed by atoms with Crippen molar-refractivity contribution in [3.63, 3.8) is 0 Å². The maximum absolute atomic E-state index is 9.32. The Bertz CT molecular complexity index is 1160. The van der Waals surface area contributed by atoms with Crippen molar-refractivity contribution in [1.29, 1.82) is 0 Å². The molecule has 0 unspecified atom stereocenters. The van der Waals surface area contributed by atoms with Gasteiger partial charge in [0.25, 0.3) is 0 Å². The Labute approximate surface area is 179 Å². The number of nitrogens with one attached hydrogen (secondary N) is 1. The molecule has 5 heterocycles. The molecular weight excluding hydrogens is 404 g/mol. The third-order valence-electron chi connectivity index (χ3n) is 4.94. The van der Waals surface area contributed by atoms with Crippen molar-refractivity contribution in [3.8, 4) is 17.2 Å². The second-order valence-corrected chi connectivity index (χ2v) is 6.83. The number of anilines is 1. The fraction of sp³-hybridized carbons (Fsp3) is 0.250. The lowest BCUT2D eigenvalue weighted by Gasteiger charge is -2.28. The summed E-state index contributed by atoms with van der Waals surface area (Å²) in [5.74, 6) is 1.70. The molecule has 2 N–H and O–H groups in total. The van der Waals surface area contributed by atoms with E-state index in [9.17, 15) is 5.11 Å². The third kappa shape index (κ3) is 3.82. The number of nitrogens with zero attached hydrogens (tertiary/aromatic N) is 7. The first-order valence-corrected chi connectivity index (χ1v) is 9.51. The average Bonchev–Trinajstić information content (AvgIpc) is 3.23. The molecule has 4 aromatic heterocycles. The standard InChI is InChI=1S/C20H20N8O.ClH/c29-13-15-11-22-12-17(25-15)16-8-18-14(9-23-16)10-24-28(18)20-3-1-2-19(26-20)27-6-4-21-5-7-27;/h1-3,8-12,21,29H,4-7,13H2;1H. The Balaban J connectivity index is 0.00000218. The van der Waals surface area contributed by atoms with E-state index in [1.54, 1.807) is 18.6 Å². The van der Waals surface area contributed by atoms with Crippen LogP contribution in [0.2, 0.25) is 0 Å². The summed E-state index contributed by atoms with van der Waals surface area (Å²) in [6.45, 7) is 3.62. The van der Waals surface area contributed by atoms with E-state index >= 15 is 0 Å². The summed E-state index contributed by atoms with van der Waals surface area (Å²) in [7, 11) is 0. The largest absolute Gasteiger partial charge is 0.390 e. The zero-order valence-electron chi connectivity index (χ0n) is 16.1. The first-order valence-electron chi connectivity index (χ1n) is 9.51. The van der Waals surface area contributed by atoms with E-state index in [2.05, 4.69) is 30.3 Å². The van der Waals surface area contributed by atoms with Crippen LogP contribution < -0.4 is 10.2 Å². The average molecular weight is 425 g/mol. The number of rotatable bonds is 4. The summed E-state index contributed by atoms with van der Waals surface area (Å²) in [6, 6.07) is 7.91. The van der Waals surface area contributed by atoms with Gasteiger partial charge in [-0.15, -0.1) is 12.4 Å². The zero-order chi connectivity index (χ0) is 19.6. The molecule has 10 heteroatoms. The first kappa shape index (κ1) is 20.1. The van der Waals surface area contributed by atoms with E-state index in [1.165, 1.54) is 6.20 Å². The van der Waals surface area contributed by atoms with Gasteiger partial charge in [0.2, 0.25) is 0 Å². The summed E-state index contributed by atoms with van der Waals surface area (Å²) >= 11 is 0. The lowest BCUT2D eigenvalue weighted by molar-refractivity contribution is 0.276. The molecular formula is C20H21ClN8O. The highest BCUT2D eigenvalue weighted by Gasteiger charge is 2.14. The van der Waals surface area contributed by atoms with Gasteiger partial charge in [-0.2, -0.15) is 5.10 Å². The van der Waals surface area contributed by atoms with E-state index in [1.807, 2.05) is 28.9 Å². The first-order chi connectivity index (χ1) is 14.3. The molecule has 4 aromatic rings. The zero-order valence-corrected chi connectivity index (χ0v) is 17.0. The highest BCUT2D eigenvalue weighted by atomic mass is 35.5. The SMILES string of the molecule is Cl.OCc1cncc(-c2cc3c(cn2)cnn3-c2cccc(N3CCNCC3)n2)n1. The molecule has 0 radical (unpaired) electrons. The molecule has 1 aliphatic heterocycles. The maximum Gasteiger partial charge on any atom is 0.156 e. The summed E-state index contributed by atoms with van der Waals surface area (Å²) in [5, 5.41) is 18.1. The van der Waals surface area contributed by atoms with Gasteiger partial charge in [-0.05, 0) is 18.2 Å². The van der Waals surface area contributed by atoms with Crippen molar-refractivity contribution in [2.45, 2.75) is 6.61 Å². The molecule has 0 atom stereocenters. The second kappa shape index (κ2) is 8.70. The van der Waals surface area contributed by atoms with Crippen LogP contribution in [-0.4, -0.2) is 61.0 Å². The van der Waals surface area contributed by atoms with Crippen molar-refractivity contribution in [3.05, 3.63) is 54.7 Å². The maximum atomic E-state index is 9.32. The summed E-state index contributed by atoms with van der Waals surface area (Å²) in [6.07, 6.45) is 6.72. The van der Waals surface area contributed by atoms with E-state index in [0.717, 1.165) is 48.7 Å². The predicted octanol–water partition coefficient (Wildman–Crippen LogP) is 1.60. The van der Waals surface area contributed by atoms with Crippen molar-refractivity contribution in [1.82, 2.24) is 35.0 Å². The van der Waals surface area contributed by atoms with Crippen LogP contribution in [0.1, 0.15) is 5.69 Å². The van der Waals surface area contributed by atoms with Crippen LogP contribution in [0.4, 0.5) is 5.82 Å². The van der Waals surface area contributed by atoms with Crippen molar-refractivity contribution in [2.75, 3.05) is 31.1 Å². The highest BCUT2D eigenvalue weighted by Crippen LogP contribution is 2.23. The molecule has 5 rings (SSSR count). The van der Waals surface area contributed by atoms with Crippen molar-refractivity contribution < 1.29 is 5.11 Å². The summed E-state index contributed by atoms with van der Waals surface area (Å²) in [4.78, 5) is 20.1.